The fourth-order valence-corrected chi connectivity index (χ4v) is 2.54. The number of hydrogen-bond donors (Lipinski definition) is 2. The highest BCUT2D eigenvalue weighted by molar-refractivity contribution is 6.03. The molecule has 2 aromatic carbocycles. The van der Waals surface area contributed by atoms with Gasteiger partial charge >= 0.3 is 5.97 Å². The standard InChI is InChI=1S/C19H16N4O6/c1-12-3-2-4-15(7-12)29-16-9-13(8-14(10-16)23(27)28)20-19(26)17-5-6-22(21-17)11-18(24)25/h2-10H,11H2,1H3,(H,20,26)(H,24,25). The van der Waals surface area contributed by atoms with Gasteiger partial charge in [0.1, 0.15) is 18.0 Å². The van der Waals surface area contributed by atoms with Gasteiger partial charge in [-0.2, -0.15) is 5.10 Å². The van der Waals surface area contributed by atoms with E-state index >= 15 is 0 Å². The number of benzene rings is 2. The van der Waals surface area contributed by atoms with Gasteiger partial charge in [-0.25, -0.2) is 0 Å². The Bertz CT molecular complexity index is 1090. The van der Waals surface area contributed by atoms with Crippen LogP contribution in [0.3, 0.4) is 0 Å². The van der Waals surface area contributed by atoms with Crippen molar-refractivity contribution in [2.24, 2.45) is 0 Å². The molecule has 10 heteroatoms. The van der Waals surface area contributed by atoms with E-state index in [4.69, 9.17) is 9.84 Å². The van der Waals surface area contributed by atoms with Crippen molar-refractivity contribution in [1.82, 2.24) is 9.78 Å². The maximum Gasteiger partial charge on any atom is 0.325 e. The Morgan fingerprint density at radius 2 is 2.00 bits per heavy atom. The number of rotatable bonds is 7. The summed E-state index contributed by atoms with van der Waals surface area (Å²) in [5.41, 5.74) is 0.804. The van der Waals surface area contributed by atoms with E-state index in [1.807, 2.05) is 13.0 Å². The van der Waals surface area contributed by atoms with Crippen molar-refractivity contribution in [2.75, 3.05) is 5.32 Å². The number of aryl methyl sites for hydroxylation is 1. The number of carboxylic acid groups (broad SMARTS) is 1. The van der Waals surface area contributed by atoms with Gasteiger partial charge in [-0.1, -0.05) is 12.1 Å². The minimum Gasteiger partial charge on any atom is -0.480 e. The lowest BCUT2D eigenvalue weighted by molar-refractivity contribution is -0.384. The lowest BCUT2D eigenvalue weighted by atomic mass is 10.2. The molecule has 0 unspecified atom stereocenters. The SMILES string of the molecule is Cc1cccc(Oc2cc(NC(=O)c3ccn(CC(=O)O)n3)cc([N+](=O)[O-])c2)c1. The van der Waals surface area contributed by atoms with E-state index in [0.29, 0.717) is 5.75 Å². The number of carboxylic acids is 1. The molecule has 148 valence electrons. The summed E-state index contributed by atoms with van der Waals surface area (Å²) in [5, 5.41) is 26.4. The average molecular weight is 396 g/mol. The van der Waals surface area contributed by atoms with E-state index in [-0.39, 0.29) is 22.8 Å². The van der Waals surface area contributed by atoms with Gasteiger partial charge < -0.3 is 15.2 Å². The molecule has 1 heterocycles. The van der Waals surface area contributed by atoms with Gasteiger partial charge in [-0.15, -0.1) is 0 Å². The van der Waals surface area contributed by atoms with Crippen molar-refractivity contribution in [3.63, 3.8) is 0 Å². The second-order valence-corrected chi connectivity index (χ2v) is 6.14. The Kier molecular flexibility index (Phi) is 5.54. The first-order chi connectivity index (χ1) is 13.8. The number of amides is 1. The van der Waals surface area contributed by atoms with Crippen LogP contribution in [0.5, 0.6) is 11.5 Å². The van der Waals surface area contributed by atoms with Crippen molar-refractivity contribution < 1.29 is 24.4 Å². The largest absolute Gasteiger partial charge is 0.480 e. The van der Waals surface area contributed by atoms with Crippen LogP contribution in [0.15, 0.2) is 54.7 Å². The number of aliphatic carboxylic acids is 1. The molecule has 0 saturated heterocycles. The molecule has 10 nitrogen and oxygen atoms in total. The Morgan fingerprint density at radius 1 is 1.21 bits per heavy atom. The first-order valence-corrected chi connectivity index (χ1v) is 8.41. The second kappa shape index (κ2) is 8.21. The van der Waals surface area contributed by atoms with Gasteiger partial charge in [-0.05, 0) is 30.7 Å². The van der Waals surface area contributed by atoms with E-state index in [2.05, 4.69) is 10.4 Å². The lowest BCUT2D eigenvalue weighted by Crippen LogP contribution is -2.15. The summed E-state index contributed by atoms with van der Waals surface area (Å²) in [5.74, 6) is -1.07. The third-order valence-electron chi connectivity index (χ3n) is 3.76. The Labute approximate surface area is 164 Å². The molecule has 0 aliphatic heterocycles. The highest BCUT2D eigenvalue weighted by Crippen LogP contribution is 2.30. The number of nitro groups is 1. The van der Waals surface area contributed by atoms with E-state index in [1.54, 1.807) is 18.2 Å². The maximum absolute atomic E-state index is 12.4. The van der Waals surface area contributed by atoms with Crippen LogP contribution in [0.2, 0.25) is 0 Å². The highest BCUT2D eigenvalue weighted by atomic mass is 16.6. The van der Waals surface area contributed by atoms with Crippen LogP contribution in [0.4, 0.5) is 11.4 Å². The number of nitrogens with one attached hydrogen (secondary N) is 1. The van der Waals surface area contributed by atoms with E-state index in [9.17, 15) is 19.7 Å². The monoisotopic (exact) mass is 396 g/mol. The summed E-state index contributed by atoms with van der Waals surface area (Å²) in [7, 11) is 0. The number of carbonyl (C=O) groups excluding carboxylic acids is 1. The van der Waals surface area contributed by atoms with Gasteiger partial charge in [-0.3, -0.25) is 24.4 Å². The third-order valence-corrected chi connectivity index (χ3v) is 3.76. The lowest BCUT2D eigenvalue weighted by Gasteiger charge is -2.09. The van der Waals surface area contributed by atoms with Crippen molar-refractivity contribution in [3.05, 3.63) is 76.1 Å². The molecule has 0 fully saturated rings. The van der Waals surface area contributed by atoms with Crippen LogP contribution in [-0.2, 0) is 11.3 Å². The number of nitrogens with zero attached hydrogens (tertiary/aromatic N) is 3. The van der Waals surface area contributed by atoms with Gasteiger partial charge in [0.2, 0.25) is 0 Å². The molecule has 1 aromatic heterocycles. The van der Waals surface area contributed by atoms with Crippen LogP contribution in [0, 0.1) is 17.0 Å². The molecule has 0 spiro atoms. The number of nitro benzene ring substituents is 1. The molecule has 1 amide bonds. The summed E-state index contributed by atoms with van der Waals surface area (Å²) in [4.78, 5) is 33.7. The van der Waals surface area contributed by atoms with Crippen LogP contribution in [0.25, 0.3) is 0 Å². The first-order valence-electron chi connectivity index (χ1n) is 8.41. The molecule has 3 rings (SSSR count). The minimum atomic E-state index is -1.10. The topological polar surface area (TPSA) is 137 Å². The smallest absolute Gasteiger partial charge is 0.325 e. The Hall–Kier alpha value is -4.21. The predicted molar refractivity (Wildman–Crippen MR) is 102 cm³/mol. The van der Waals surface area contributed by atoms with Crippen molar-refractivity contribution in [1.29, 1.82) is 0 Å². The van der Waals surface area contributed by atoms with Crippen LogP contribution >= 0.6 is 0 Å². The summed E-state index contributed by atoms with van der Waals surface area (Å²) in [6.45, 7) is 1.49. The number of anilines is 1. The summed E-state index contributed by atoms with van der Waals surface area (Å²) in [6.07, 6.45) is 1.35. The molecular weight excluding hydrogens is 380 g/mol. The van der Waals surface area contributed by atoms with Crippen molar-refractivity contribution in [3.8, 4) is 11.5 Å². The molecule has 0 saturated carbocycles. The van der Waals surface area contributed by atoms with E-state index < -0.39 is 23.3 Å². The number of ether oxygens (including phenoxy) is 1. The molecular formula is C19H16N4O6. The number of non-ortho nitro benzene ring substituents is 1. The number of carbonyl (C=O) groups is 2. The van der Waals surface area contributed by atoms with Crippen molar-refractivity contribution >= 4 is 23.3 Å². The quantitative estimate of drug-likeness (QED) is 0.462. The molecule has 29 heavy (non-hydrogen) atoms. The van der Waals surface area contributed by atoms with Crippen LogP contribution in [-0.4, -0.2) is 31.7 Å². The molecule has 0 bridgehead atoms. The molecule has 0 aliphatic carbocycles. The van der Waals surface area contributed by atoms with E-state index in [0.717, 1.165) is 10.2 Å². The van der Waals surface area contributed by atoms with Crippen LogP contribution < -0.4 is 10.1 Å². The predicted octanol–water partition coefficient (Wildman–Crippen LogP) is 3.23. The number of aromatic nitrogens is 2. The Balaban J connectivity index is 1.83. The summed E-state index contributed by atoms with van der Waals surface area (Å²) < 4.78 is 6.78. The molecule has 2 N–H and O–H groups in total. The number of hydrogen-bond acceptors (Lipinski definition) is 6. The maximum atomic E-state index is 12.4. The zero-order chi connectivity index (χ0) is 21.0. The zero-order valence-electron chi connectivity index (χ0n) is 15.2. The third kappa shape index (κ3) is 5.16. The molecule has 3 aromatic rings. The zero-order valence-corrected chi connectivity index (χ0v) is 15.2. The summed E-state index contributed by atoms with van der Waals surface area (Å²) >= 11 is 0. The van der Waals surface area contributed by atoms with Crippen molar-refractivity contribution in [2.45, 2.75) is 13.5 Å². The van der Waals surface area contributed by atoms with Gasteiger partial charge in [0.05, 0.1) is 16.7 Å². The first kappa shape index (κ1) is 19.5. The fourth-order valence-electron chi connectivity index (χ4n) is 2.54. The average Bonchev–Trinajstić information content (AvgIpc) is 3.09. The summed E-state index contributed by atoms with van der Waals surface area (Å²) in [6, 6.07) is 12.4. The molecule has 0 aliphatic rings. The minimum absolute atomic E-state index is 0.0288. The normalized spacial score (nSPS) is 10.4. The van der Waals surface area contributed by atoms with Gasteiger partial charge in [0.25, 0.3) is 11.6 Å². The highest BCUT2D eigenvalue weighted by Gasteiger charge is 2.16. The fraction of sp³-hybridized carbons (Fsp3) is 0.105. The van der Waals surface area contributed by atoms with Gasteiger partial charge in [0.15, 0.2) is 5.69 Å². The van der Waals surface area contributed by atoms with Gasteiger partial charge in [0, 0.05) is 18.3 Å². The Morgan fingerprint density at radius 3 is 2.69 bits per heavy atom. The van der Waals surface area contributed by atoms with Crippen LogP contribution in [0.1, 0.15) is 16.1 Å². The molecule has 0 radical (unpaired) electrons. The van der Waals surface area contributed by atoms with E-state index in [1.165, 1.54) is 30.5 Å². The molecule has 0 atom stereocenters. The second-order valence-electron chi connectivity index (χ2n) is 6.14.